The molecule has 238 valence electrons. The monoisotopic (exact) mass is 710 g/mol. The van der Waals surface area contributed by atoms with E-state index in [-0.39, 0.29) is 13.4 Å². The number of esters is 2. The van der Waals surface area contributed by atoms with E-state index >= 15 is 0 Å². The van der Waals surface area contributed by atoms with Gasteiger partial charge in [-0.3, -0.25) is 0 Å². The molecule has 6 rings (SSSR count). The number of aliphatic hydroxyl groups is 1. The lowest BCUT2D eigenvalue weighted by Crippen LogP contribution is -2.22. The van der Waals surface area contributed by atoms with Gasteiger partial charge in [-0.25, -0.2) is 9.59 Å². The van der Waals surface area contributed by atoms with Gasteiger partial charge in [-0.15, -0.1) is 22.7 Å². The van der Waals surface area contributed by atoms with Crippen LogP contribution in [0.2, 0.25) is 0 Å². The smallest absolute Gasteiger partial charge is 0.342 e. The molecule has 4 heterocycles. The minimum atomic E-state index is -1.46. The van der Waals surface area contributed by atoms with Crippen molar-refractivity contribution in [1.29, 1.82) is 0 Å². The summed E-state index contributed by atoms with van der Waals surface area (Å²) in [6, 6.07) is 8.10. The Labute approximate surface area is 280 Å². The molecule has 1 unspecified atom stereocenters. The largest absolute Gasteiger partial charge is 0.435 e. The molecule has 2 aromatic carbocycles. The summed E-state index contributed by atoms with van der Waals surface area (Å²) in [7, 11) is 0. The average molecular weight is 712 g/mol. The number of carbonyl (C=O) groups excluding carboxylic acids is 2. The van der Waals surface area contributed by atoms with Crippen molar-refractivity contribution in [2.45, 2.75) is 97.9 Å². The summed E-state index contributed by atoms with van der Waals surface area (Å²) in [6.07, 6.45) is 9.84. The van der Waals surface area contributed by atoms with Gasteiger partial charge in [-0.2, -0.15) is 0 Å². The van der Waals surface area contributed by atoms with E-state index in [9.17, 15) is 14.7 Å². The van der Waals surface area contributed by atoms with Crippen LogP contribution in [0.5, 0.6) is 0 Å². The number of thiophene rings is 2. The number of hydrogen-bond acceptors (Lipinski definition) is 8. The van der Waals surface area contributed by atoms with Gasteiger partial charge >= 0.3 is 11.9 Å². The first-order valence-corrected chi connectivity index (χ1v) is 18.4. The number of carbonyl (C=O) groups is 2. The maximum Gasteiger partial charge on any atom is 0.342 e. The Morgan fingerprint density at radius 3 is 2.20 bits per heavy atom. The number of ether oxygens (including phenoxy) is 3. The molecule has 0 fully saturated rings. The van der Waals surface area contributed by atoms with Crippen LogP contribution in [-0.4, -0.2) is 23.8 Å². The number of hydrogen-bond donors (Lipinski definition) is 1. The van der Waals surface area contributed by atoms with E-state index in [0.29, 0.717) is 33.0 Å². The zero-order chi connectivity index (χ0) is 31.7. The first kappa shape index (κ1) is 32.4. The van der Waals surface area contributed by atoms with Crippen molar-refractivity contribution in [1.82, 2.24) is 0 Å². The molecule has 45 heavy (non-hydrogen) atoms. The standard InChI is InChI=1S/C36H39BrO6S2/c1-4-6-8-10-12-21-15-27(44-20(21)3)24-14-23-18-41-19-42-35(39)31-25(28-16-22(33(37)45-28)13-11-9-7-5-2)17-26-30(29(23)31)32(24)36(40)43-34(26)38/h14-17,34,38H,4-13,18-19H2,1-3H3. The Morgan fingerprint density at radius 1 is 0.822 bits per heavy atom. The molecule has 1 atom stereocenters. The fourth-order valence-electron chi connectivity index (χ4n) is 6.51. The van der Waals surface area contributed by atoms with Crippen LogP contribution in [0.15, 0.2) is 28.1 Å². The van der Waals surface area contributed by atoms with E-state index in [4.69, 9.17) is 14.2 Å². The van der Waals surface area contributed by atoms with E-state index < -0.39 is 18.2 Å². The highest BCUT2D eigenvalue weighted by atomic mass is 79.9. The topological polar surface area (TPSA) is 82.1 Å². The van der Waals surface area contributed by atoms with Crippen LogP contribution < -0.4 is 0 Å². The van der Waals surface area contributed by atoms with Gasteiger partial charge in [0.15, 0.2) is 6.79 Å². The van der Waals surface area contributed by atoms with Gasteiger partial charge in [0.25, 0.3) is 0 Å². The summed E-state index contributed by atoms with van der Waals surface area (Å²) in [5.41, 5.74) is 5.90. The number of unbranched alkanes of at least 4 members (excludes halogenated alkanes) is 6. The van der Waals surface area contributed by atoms with Crippen LogP contribution in [0.4, 0.5) is 0 Å². The molecular weight excluding hydrogens is 672 g/mol. The van der Waals surface area contributed by atoms with Crippen molar-refractivity contribution in [3.8, 4) is 20.9 Å². The van der Waals surface area contributed by atoms with E-state index in [0.717, 1.165) is 50.4 Å². The normalized spacial score (nSPS) is 16.1. The zero-order valence-electron chi connectivity index (χ0n) is 26.1. The minimum Gasteiger partial charge on any atom is -0.435 e. The molecule has 0 aliphatic carbocycles. The predicted molar refractivity (Wildman–Crippen MR) is 184 cm³/mol. The van der Waals surface area contributed by atoms with E-state index in [1.165, 1.54) is 54.5 Å². The summed E-state index contributed by atoms with van der Waals surface area (Å²) in [5.74, 6) is -1.12. The predicted octanol–water partition coefficient (Wildman–Crippen LogP) is 10.4. The highest BCUT2D eigenvalue weighted by Crippen LogP contribution is 2.49. The van der Waals surface area contributed by atoms with Crippen LogP contribution >= 0.6 is 38.6 Å². The van der Waals surface area contributed by atoms with E-state index in [1.807, 2.05) is 12.1 Å². The molecule has 0 saturated heterocycles. The van der Waals surface area contributed by atoms with E-state index in [1.54, 1.807) is 22.7 Å². The summed E-state index contributed by atoms with van der Waals surface area (Å²) < 4.78 is 17.9. The number of halogens is 1. The van der Waals surface area contributed by atoms with Crippen LogP contribution in [0.1, 0.15) is 119 Å². The van der Waals surface area contributed by atoms with Crippen molar-refractivity contribution >= 4 is 61.3 Å². The molecule has 1 N–H and O–H groups in total. The molecule has 0 radical (unpaired) electrons. The lowest BCUT2D eigenvalue weighted by molar-refractivity contribution is -0.0686. The summed E-state index contributed by atoms with van der Waals surface area (Å²) >= 11 is 6.98. The molecule has 2 aliphatic rings. The second kappa shape index (κ2) is 14.1. The van der Waals surface area contributed by atoms with Crippen molar-refractivity contribution in [2.75, 3.05) is 6.79 Å². The Balaban J connectivity index is 1.54. The van der Waals surface area contributed by atoms with Crippen LogP contribution in [0.3, 0.4) is 0 Å². The molecule has 0 saturated carbocycles. The molecule has 0 bridgehead atoms. The van der Waals surface area contributed by atoms with Crippen molar-refractivity contribution < 1.29 is 28.9 Å². The molecule has 2 aromatic heterocycles. The molecule has 9 heteroatoms. The number of cyclic esters (lactones) is 2. The number of benzene rings is 2. The molecule has 0 spiro atoms. The third-order valence-electron chi connectivity index (χ3n) is 8.85. The molecule has 0 amide bonds. The minimum absolute atomic E-state index is 0.167. The Kier molecular flexibility index (Phi) is 10.1. The maximum atomic E-state index is 13.7. The van der Waals surface area contributed by atoms with E-state index in [2.05, 4.69) is 48.8 Å². The highest BCUT2D eigenvalue weighted by Gasteiger charge is 2.36. The van der Waals surface area contributed by atoms with Gasteiger partial charge in [-0.05, 0) is 89.5 Å². The second-order valence-electron chi connectivity index (χ2n) is 12.0. The molecule has 6 nitrogen and oxygen atoms in total. The molecular formula is C36H39BrO6S2. The fraction of sp³-hybridized carbons (Fsp3) is 0.444. The third-order valence-corrected chi connectivity index (χ3v) is 12.0. The van der Waals surface area contributed by atoms with Crippen molar-refractivity contribution in [3.05, 3.63) is 66.3 Å². The first-order valence-electron chi connectivity index (χ1n) is 16.0. The SMILES string of the molecule is CCCCCCc1cc(-c2cc3c4c(c(-c5cc(CCCCCC)c(Br)s5)cc5c4c2C(=O)OC5O)C(=O)OCOC3)sc1C. The quantitative estimate of drug-likeness (QED) is 0.116. The highest BCUT2D eigenvalue weighted by molar-refractivity contribution is 9.11. The van der Waals surface area contributed by atoms with Gasteiger partial charge in [0, 0.05) is 42.1 Å². The van der Waals surface area contributed by atoms with Crippen LogP contribution in [-0.2, 0) is 33.7 Å². The summed E-state index contributed by atoms with van der Waals surface area (Å²) in [5, 5.41) is 12.3. The summed E-state index contributed by atoms with van der Waals surface area (Å²) in [4.78, 5) is 30.4. The van der Waals surface area contributed by atoms with Gasteiger partial charge in [0.2, 0.25) is 6.29 Å². The van der Waals surface area contributed by atoms with Crippen molar-refractivity contribution in [3.63, 3.8) is 0 Å². The van der Waals surface area contributed by atoms with Gasteiger partial charge in [0.05, 0.1) is 21.5 Å². The van der Waals surface area contributed by atoms with Gasteiger partial charge in [-0.1, -0.05) is 52.4 Å². The maximum absolute atomic E-state index is 13.7. The Hall–Kier alpha value is -2.56. The van der Waals surface area contributed by atoms with Crippen LogP contribution in [0, 0.1) is 6.92 Å². The molecule has 4 aromatic rings. The van der Waals surface area contributed by atoms with Crippen LogP contribution in [0.25, 0.3) is 31.7 Å². The van der Waals surface area contributed by atoms with Crippen molar-refractivity contribution in [2.24, 2.45) is 0 Å². The zero-order valence-corrected chi connectivity index (χ0v) is 29.3. The lowest BCUT2D eigenvalue weighted by atomic mass is 9.84. The first-order chi connectivity index (χ1) is 21.8. The Morgan fingerprint density at radius 2 is 1.47 bits per heavy atom. The average Bonchev–Trinajstić information content (AvgIpc) is 3.58. The Bertz CT molecular complexity index is 1750. The number of rotatable bonds is 12. The lowest BCUT2D eigenvalue weighted by Gasteiger charge is -2.28. The van der Waals surface area contributed by atoms with Gasteiger partial charge in [0.1, 0.15) is 0 Å². The third kappa shape index (κ3) is 6.39. The van der Waals surface area contributed by atoms with Gasteiger partial charge < -0.3 is 19.3 Å². The fourth-order valence-corrected chi connectivity index (χ4v) is 9.39. The number of aryl methyl sites for hydroxylation is 3. The number of aliphatic hydroxyl groups excluding tert-OH is 1. The second-order valence-corrected chi connectivity index (χ2v) is 15.6. The summed E-state index contributed by atoms with van der Waals surface area (Å²) in [6.45, 7) is 6.57. The molecule has 2 aliphatic heterocycles.